The van der Waals surface area contributed by atoms with Crippen molar-refractivity contribution >= 4 is 0 Å². The van der Waals surface area contributed by atoms with Crippen LogP contribution in [0.1, 0.15) is 94.2 Å². The van der Waals surface area contributed by atoms with Gasteiger partial charge in [-0.15, -0.1) is 0 Å². The van der Waals surface area contributed by atoms with E-state index in [4.69, 9.17) is 4.52 Å². The molecule has 0 bridgehead atoms. The number of aliphatic hydroxyl groups excluding tert-OH is 1. The highest BCUT2D eigenvalue weighted by Gasteiger charge is 2.30. The maximum absolute atomic E-state index is 10.1. The lowest BCUT2D eigenvalue weighted by molar-refractivity contribution is 0.0908. The molecule has 0 amide bonds. The van der Waals surface area contributed by atoms with Crippen LogP contribution in [0.15, 0.2) is 4.52 Å². The highest BCUT2D eigenvalue weighted by atomic mass is 16.5. The molecule has 1 N–H and O–H groups in total. The van der Waals surface area contributed by atoms with Gasteiger partial charge in [-0.2, -0.15) is 4.98 Å². The van der Waals surface area contributed by atoms with E-state index in [-0.39, 0.29) is 12.0 Å². The average Bonchev–Trinajstić information content (AvgIpc) is 2.88. The maximum Gasteiger partial charge on any atom is 0.232 e. The molecule has 2 saturated carbocycles. The Kier molecular flexibility index (Phi) is 4.71. The zero-order valence-electron chi connectivity index (χ0n) is 12.3. The van der Waals surface area contributed by atoms with Gasteiger partial charge in [0, 0.05) is 5.92 Å². The lowest BCUT2D eigenvalue weighted by atomic mass is 9.86. The van der Waals surface area contributed by atoms with E-state index in [1.165, 1.54) is 44.9 Å². The molecule has 1 aromatic rings. The van der Waals surface area contributed by atoms with Gasteiger partial charge in [-0.05, 0) is 25.7 Å². The van der Waals surface area contributed by atoms with Crippen LogP contribution in [0.25, 0.3) is 0 Å². The third-order valence-electron chi connectivity index (χ3n) is 4.97. The van der Waals surface area contributed by atoms with Crippen molar-refractivity contribution in [3.63, 3.8) is 0 Å². The summed E-state index contributed by atoms with van der Waals surface area (Å²) in [5, 5.41) is 14.3. The van der Waals surface area contributed by atoms with Gasteiger partial charge >= 0.3 is 0 Å². The van der Waals surface area contributed by atoms with Crippen LogP contribution in [-0.2, 0) is 0 Å². The fraction of sp³-hybridized carbons (Fsp3) is 0.875. The molecular weight excluding hydrogens is 252 g/mol. The van der Waals surface area contributed by atoms with Crippen molar-refractivity contribution < 1.29 is 9.63 Å². The minimum absolute atomic E-state index is 0.0681. The maximum atomic E-state index is 10.1. The van der Waals surface area contributed by atoms with Gasteiger partial charge in [0.2, 0.25) is 5.89 Å². The molecule has 3 rings (SSSR count). The van der Waals surface area contributed by atoms with Crippen molar-refractivity contribution in [1.82, 2.24) is 10.1 Å². The number of aromatic nitrogens is 2. The highest BCUT2D eigenvalue weighted by molar-refractivity contribution is 5.02. The Morgan fingerprint density at radius 1 is 0.850 bits per heavy atom. The summed E-state index contributed by atoms with van der Waals surface area (Å²) in [5.41, 5.74) is 0. The third kappa shape index (κ3) is 3.22. The van der Waals surface area contributed by atoms with E-state index in [0.717, 1.165) is 31.5 Å². The van der Waals surface area contributed by atoms with E-state index >= 15 is 0 Å². The first-order chi connectivity index (χ1) is 9.84. The Morgan fingerprint density at radius 3 is 2.25 bits per heavy atom. The van der Waals surface area contributed by atoms with Crippen LogP contribution in [0.2, 0.25) is 0 Å². The molecule has 2 aliphatic carbocycles. The molecule has 4 heteroatoms. The molecule has 112 valence electrons. The van der Waals surface area contributed by atoms with Crippen molar-refractivity contribution in [2.75, 3.05) is 0 Å². The molecule has 0 aromatic carbocycles. The normalized spacial score (nSPS) is 29.9. The summed E-state index contributed by atoms with van der Waals surface area (Å²) in [5.74, 6) is 2.10. The molecule has 0 aliphatic heterocycles. The van der Waals surface area contributed by atoms with Crippen LogP contribution in [0, 0.1) is 0 Å². The minimum Gasteiger partial charge on any atom is -0.392 e. The summed E-state index contributed by atoms with van der Waals surface area (Å²) in [6.45, 7) is 0. The fourth-order valence-corrected chi connectivity index (χ4v) is 3.68. The Balaban J connectivity index is 1.68. The quantitative estimate of drug-likeness (QED) is 0.890. The number of hydrogen-bond acceptors (Lipinski definition) is 4. The van der Waals surface area contributed by atoms with E-state index in [1.807, 2.05) is 0 Å². The first-order valence-electron chi connectivity index (χ1n) is 8.36. The summed E-state index contributed by atoms with van der Waals surface area (Å²) in [7, 11) is 0. The predicted octanol–water partition coefficient (Wildman–Crippen LogP) is 3.92. The van der Waals surface area contributed by atoms with Gasteiger partial charge in [0.1, 0.15) is 0 Å². The topological polar surface area (TPSA) is 59.2 Å². The van der Waals surface area contributed by atoms with Gasteiger partial charge in [-0.3, -0.25) is 0 Å². The standard InChI is InChI=1S/C16H26N2O2/c19-14-11-7-6-10-13(14)16-17-15(18-20-16)12-8-4-2-1-3-5-9-12/h12-14,19H,1-11H2. The summed E-state index contributed by atoms with van der Waals surface area (Å²) < 4.78 is 5.48. The number of rotatable bonds is 2. The van der Waals surface area contributed by atoms with Crippen LogP contribution >= 0.6 is 0 Å². The van der Waals surface area contributed by atoms with Gasteiger partial charge in [0.15, 0.2) is 5.82 Å². The van der Waals surface area contributed by atoms with Gasteiger partial charge in [-0.25, -0.2) is 0 Å². The first kappa shape index (κ1) is 14.1. The molecule has 2 fully saturated rings. The highest BCUT2D eigenvalue weighted by Crippen LogP contribution is 2.34. The predicted molar refractivity (Wildman–Crippen MR) is 76.6 cm³/mol. The van der Waals surface area contributed by atoms with E-state index in [9.17, 15) is 5.11 Å². The Hall–Kier alpha value is -0.900. The molecule has 4 nitrogen and oxygen atoms in total. The second-order valence-electron chi connectivity index (χ2n) is 6.49. The summed E-state index contributed by atoms with van der Waals surface area (Å²) in [4.78, 5) is 4.64. The van der Waals surface area contributed by atoms with E-state index in [0.29, 0.717) is 11.8 Å². The van der Waals surface area contributed by atoms with Gasteiger partial charge < -0.3 is 9.63 Å². The van der Waals surface area contributed by atoms with Gasteiger partial charge in [-0.1, -0.05) is 50.1 Å². The molecule has 2 atom stereocenters. The van der Waals surface area contributed by atoms with Crippen molar-refractivity contribution in [2.45, 2.75) is 88.6 Å². The second kappa shape index (κ2) is 6.70. The van der Waals surface area contributed by atoms with Gasteiger partial charge in [0.05, 0.1) is 12.0 Å². The van der Waals surface area contributed by atoms with Crippen molar-refractivity contribution in [2.24, 2.45) is 0 Å². The number of nitrogens with zero attached hydrogens (tertiary/aromatic N) is 2. The molecule has 2 unspecified atom stereocenters. The minimum atomic E-state index is -0.297. The van der Waals surface area contributed by atoms with Crippen molar-refractivity contribution in [3.8, 4) is 0 Å². The average molecular weight is 278 g/mol. The van der Waals surface area contributed by atoms with E-state index < -0.39 is 0 Å². The summed E-state index contributed by atoms with van der Waals surface area (Å²) in [6, 6.07) is 0. The van der Waals surface area contributed by atoms with Crippen LogP contribution in [0.3, 0.4) is 0 Å². The molecule has 0 spiro atoms. The lowest BCUT2D eigenvalue weighted by Crippen LogP contribution is -2.22. The number of aliphatic hydroxyl groups is 1. The molecule has 0 saturated heterocycles. The lowest BCUT2D eigenvalue weighted by Gasteiger charge is -2.24. The van der Waals surface area contributed by atoms with E-state index in [2.05, 4.69) is 10.1 Å². The monoisotopic (exact) mass is 278 g/mol. The largest absolute Gasteiger partial charge is 0.392 e. The fourth-order valence-electron chi connectivity index (χ4n) is 3.68. The molecule has 1 heterocycles. The van der Waals surface area contributed by atoms with Gasteiger partial charge in [0.25, 0.3) is 0 Å². The number of hydrogen-bond donors (Lipinski definition) is 1. The second-order valence-corrected chi connectivity index (χ2v) is 6.49. The van der Waals surface area contributed by atoms with Crippen LogP contribution in [-0.4, -0.2) is 21.4 Å². The molecule has 0 radical (unpaired) electrons. The SMILES string of the molecule is OC1CCCCC1c1nc(C2CCCCCCC2)no1. The molecule has 2 aliphatic rings. The molecule has 1 aromatic heterocycles. The Bertz CT molecular complexity index is 410. The third-order valence-corrected chi connectivity index (χ3v) is 4.97. The Labute approximate surface area is 121 Å². The summed E-state index contributed by atoms with van der Waals surface area (Å²) >= 11 is 0. The smallest absolute Gasteiger partial charge is 0.232 e. The zero-order chi connectivity index (χ0) is 13.8. The van der Waals surface area contributed by atoms with Crippen LogP contribution in [0.4, 0.5) is 0 Å². The Morgan fingerprint density at radius 2 is 1.50 bits per heavy atom. The van der Waals surface area contributed by atoms with E-state index in [1.54, 1.807) is 0 Å². The molecular formula is C16H26N2O2. The van der Waals surface area contributed by atoms with Crippen molar-refractivity contribution in [1.29, 1.82) is 0 Å². The first-order valence-corrected chi connectivity index (χ1v) is 8.36. The van der Waals surface area contributed by atoms with Crippen molar-refractivity contribution in [3.05, 3.63) is 11.7 Å². The summed E-state index contributed by atoms with van der Waals surface area (Å²) in [6.07, 6.45) is 12.8. The zero-order valence-corrected chi connectivity index (χ0v) is 12.3. The van der Waals surface area contributed by atoms with Crippen LogP contribution < -0.4 is 0 Å². The van der Waals surface area contributed by atoms with Crippen LogP contribution in [0.5, 0.6) is 0 Å². The molecule has 20 heavy (non-hydrogen) atoms.